The molecule has 2 nitrogen and oxygen atoms in total. The molecule has 0 aromatic heterocycles. The molecule has 0 aliphatic heterocycles. The molecular formula is C35H29O2P. The number of rotatable bonds is 5. The Hall–Kier alpha value is -4.00. The number of carbonyl (C=O) groups excluding carboxylic acids is 1. The molecule has 186 valence electrons. The number of fused-ring (bicyclic) bond motifs is 3. The molecule has 5 aromatic carbocycles. The maximum absolute atomic E-state index is 15.8. The van der Waals surface area contributed by atoms with E-state index in [1.807, 2.05) is 99.6 Å². The Kier molecular flexibility index (Phi) is 6.01. The van der Waals surface area contributed by atoms with Gasteiger partial charge in [-0.15, -0.1) is 0 Å². The van der Waals surface area contributed by atoms with Gasteiger partial charge in [-0.05, 0) is 60.6 Å². The van der Waals surface area contributed by atoms with Gasteiger partial charge in [0.25, 0.3) is 0 Å². The summed E-state index contributed by atoms with van der Waals surface area (Å²) in [6.45, 7) is 6.00. The summed E-state index contributed by atoms with van der Waals surface area (Å²) in [5, 5.41) is 2.15. The predicted octanol–water partition coefficient (Wildman–Crippen LogP) is 7.05. The minimum absolute atomic E-state index is 0.0809. The van der Waals surface area contributed by atoms with Crippen LogP contribution in [-0.2, 0) is 11.0 Å². The second-order valence-electron chi connectivity index (χ2n) is 10.2. The lowest BCUT2D eigenvalue weighted by molar-refractivity contribution is 0.103. The van der Waals surface area contributed by atoms with E-state index in [9.17, 15) is 4.79 Å². The summed E-state index contributed by atoms with van der Waals surface area (Å²) in [5.41, 5.74) is 8.84. The normalized spacial score (nSPS) is 13.4. The minimum Gasteiger partial charge on any atom is -0.309 e. The van der Waals surface area contributed by atoms with E-state index in [0.29, 0.717) is 16.4 Å². The molecule has 0 fully saturated rings. The van der Waals surface area contributed by atoms with E-state index in [-0.39, 0.29) is 5.78 Å². The van der Waals surface area contributed by atoms with Gasteiger partial charge in [-0.3, -0.25) is 4.79 Å². The fourth-order valence-corrected chi connectivity index (χ4v) is 9.19. The highest BCUT2D eigenvalue weighted by Gasteiger charge is 2.37. The van der Waals surface area contributed by atoms with Crippen LogP contribution >= 0.6 is 7.14 Å². The highest BCUT2D eigenvalue weighted by Crippen LogP contribution is 2.48. The van der Waals surface area contributed by atoms with Gasteiger partial charge in [0.05, 0.1) is 0 Å². The van der Waals surface area contributed by atoms with Crippen LogP contribution in [0.3, 0.4) is 0 Å². The number of aryl methyl sites for hydroxylation is 3. The molecule has 0 spiro atoms. The van der Waals surface area contributed by atoms with Crippen LogP contribution in [-0.4, -0.2) is 5.78 Å². The van der Waals surface area contributed by atoms with Gasteiger partial charge in [-0.1, -0.05) is 115 Å². The number of ketones is 1. The van der Waals surface area contributed by atoms with Crippen LogP contribution in [0.2, 0.25) is 0 Å². The zero-order valence-corrected chi connectivity index (χ0v) is 22.8. The van der Waals surface area contributed by atoms with Crippen LogP contribution in [0, 0.1) is 20.8 Å². The summed E-state index contributed by atoms with van der Waals surface area (Å²) in [5.74, 6) is -0.0809. The smallest absolute Gasteiger partial charge is 0.194 e. The van der Waals surface area contributed by atoms with E-state index in [1.165, 1.54) is 11.1 Å². The summed E-state index contributed by atoms with van der Waals surface area (Å²) in [4.78, 5) is 14.2. The van der Waals surface area contributed by atoms with Gasteiger partial charge in [0.2, 0.25) is 0 Å². The summed E-state index contributed by atoms with van der Waals surface area (Å²) >= 11 is 0. The van der Waals surface area contributed by atoms with Gasteiger partial charge in [0, 0.05) is 27.0 Å². The lowest BCUT2D eigenvalue weighted by atomic mass is 9.93. The van der Waals surface area contributed by atoms with Crippen LogP contribution in [0.4, 0.5) is 0 Å². The van der Waals surface area contributed by atoms with Crippen LogP contribution in [0.5, 0.6) is 0 Å². The molecule has 6 rings (SSSR count). The molecule has 0 radical (unpaired) electrons. The van der Waals surface area contributed by atoms with Crippen molar-refractivity contribution in [2.24, 2.45) is 0 Å². The number of carbonyl (C=O) groups is 1. The van der Waals surface area contributed by atoms with Gasteiger partial charge in [-0.25, -0.2) is 0 Å². The molecule has 1 unspecified atom stereocenters. The Morgan fingerprint density at radius 1 is 0.658 bits per heavy atom. The molecule has 0 N–H and O–H groups in total. The van der Waals surface area contributed by atoms with Gasteiger partial charge in [0.1, 0.15) is 0 Å². The van der Waals surface area contributed by atoms with Crippen molar-refractivity contribution in [3.05, 3.63) is 148 Å². The first-order valence-electron chi connectivity index (χ1n) is 13.0. The molecule has 0 bridgehead atoms. The van der Waals surface area contributed by atoms with Crippen LogP contribution < -0.4 is 15.9 Å². The fourth-order valence-electron chi connectivity index (χ4n) is 6.09. The summed E-state index contributed by atoms with van der Waals surface area (Å²) < 4.78 is 15.8. The zero-order valence-electron chi connectivity index (χ0n) is 21.9. The number of hydrogen-bond donors (Lipinski definition) is 0. The Morgan fingerprint density at radius 3 is 2.03 bits per heavy atom. The minimum atomic E-state index is -3.42. The molecule has 5 aromatic rings. The summed E-state index contributed by atoms with van der Waals surface area (Å²) in [6.07, 6.45) is 0.727. The molecule has 0 amide bonds. The summed E-state index contributed by atoms with van der Waals surface area (Å²) in [7, 11) is -3.42. The Labute approximate surface area is 224 Å². The van der Waals surface area contributed by atoms with Crippen molar-refractivity contribution in [1.82, 2.24) is 0 Å². The monoisotopic (exact) mass is 512 g/mol. The molecule has 1 aliphatic rings. The van der Waals surface area contributed by atoms with Crippen molar-refractivity contribution in [2.45, 2.75) is 27.2 Å². The van der Waals surface area contributed by atoms with E-state index in [0.717, 1.165) is 44.8 Å². The summed E-state index contributed by atoms with van der Waals surface area (Å²) in [6, 6.07) is 35.8. The van der Waals surface area contributed by atoms with Gasteiger partial charge in [0.15, 0.2) is 12.9 Å². The number of benzene rings is 5. The number of hydrogen-bond acceptors (Lipinski definition) is 2. The average molecular weight is 513 g/mol. The SMILES string of the molecule is Cc1cc(C)c(C(=O)c2ccccc2P(=O)(c2ccccc2)c2cccc3c2Cc2ccccc2-3)c(C)c1. The maximum Gasteiger partial charge on any atom is 0.194 e. The first-order chi connectivity index (χ1) is 18.4. The maximum atomic E-state index is 15.8. The van der Waals surface area contributed by atoms with Crippen LogP contribution in [0.1, 0.15) is 43.7 Å². The third kappa shape index (κ3) is 3.80. The molecule has 0 saturated carbocycles. The standard InChI is InChI=1S/C35H29O2P/c1-23-20-24(2)34(25(3)21-23)35(36)30-16-9-10-18-32(30)38(37,27-13-5-4-6-14-27)33-19-11-17-29-28-15-8-7-12-26(28)22-31(29)33/h4-21H,22H2,1-3H3. The lowest BCUT2D eigenvalue weighted by Crippen LogP contribution is -2.31. The Bertz CT molecular complexity index is 1740. The topological polar surface area (TPSA) is 34.1 Å². The quantitative estimate of drug-likeness (QED) is 0.183. The van der Waals surface area contributed by atoms with Crippen LogP contribution in [0.15, 0.2) is 109 Å². The van der Waals surface area contributed by atoms with Crippen molar-refractivity contribution in [2.75, 3.05) is 0 Å². The first kappa shape index (κ1) is 24.3. The molecule has 1 atom stereocenters. The average Bonchev–Trinajstić information content (AvgIpc) is 3.31. The van der Waals surface area contributed by atoms with Crippen LogP contribution in [0.25, 0.3) is 11.1 Å². The Balaban J connectivity index is 1.62. The van der Waals surface area contributed by atoms with Gasteiger partial charge in [-0.2, -0.15) is 0 Å². The van der Waals surface area contributed by atoms with Crippen molar-refractivity contribution in [3.8, 4) is 11.1 Å². The largest absolute Gasteiger partial charge is 0.309 e. The molecule has 38 heavy (non-hydrogen) atoms. The molecule has 0 heterocycles. The van der Waals surface area contributed by atoms with Gasteiger partial charge >= 0.3 is 0 Å². The lowest BCUT2D eigenvalue weighted by Gasteiger charge is -2.25. The molecular weight excluding hydrogens is 483 g/mol. The zero-order chi connectivity index (χ0) is 26.4. The van der Waals surface area contributed by atoms with E-state index in [1.54, 1.807) is 0 Å². The highest BCUT2D eigenvalue weighted by molar-refractivity contribution is 7.85. The van der Waals surface area contributed by atoms with E-state index in [4.69, 9.17) is 0 Å². The van der Waals surface area contributed by atoms with E-state index < -0.39 is 7.14 Å². The molecule has 3 heteroatoms. The molecule has 1 aliphatic carbocycles. The highest BCUT2D eigenvalue weighted by atomic mass is 31.2. The molecule has 0 saturated heterocycles. The van der Waals surface area contributed by atoms with Crippen molar-refractivity contribution in [3.63, 3.8) is 0 Å². The second-order valence-corrected chi connectivity index (χ2v) is 12.9. The van der Waals surface area contributed by atoms with E-state index >= 15 is 4.57 Å². The Morgan fingerprint density at radius 2 is 1.26 bits per heavy atom. The first-order valence-corrected chi connectivity index (χ1v) is 14.7. The fraction of sp³-hybridized carbons (Fsp3) is 0.114. The van der Waals surface area contributed by atoms with Crippen molar-refractivity contribution >= 4 is 28.8 Å². The predicted molar refractivity (Wildman–Crippen MR) is 158 cm³/mol. The van der Waals surface area contributed by atoms with E-state index in [2.05, 4.69) is 30.3 Å². The van der Waals surface area contributed by atoms with Gasteiger partial charge < -0.3 is 4.57 Å². The second kappa shape index (κ2) is 9.39. The third-order valence-corrected chi connectivity index (χ3v) is 10.9. The van der Waals surface area contributed by atoms with Crippen molar-refractivity contribution in [1.29, 1.82) is 0 Å². The third-order valence-electron chi connectivity index (χ3n) is 7.68. The van der Waals surface area contributed by atoms with Crippen molar-refractivity contribution < 1.29 is 9.36 Å².